The first kappa shape index (κ1) is 13.4. The van der Waals surface area contributed by atoms with Crippen LogP contribution in [0.2, 0.25) is 0 Å². The Labute approximate surface area is 116 Å². The van der Waals surface area contributed by atoms with E-state index in [-0.39, 0.29) is 11.8 Å². The molecule has 1 aliphatic rings. The Morgan fingerprint density at radius 1 is 1.33 bits per heavy atom. The smallest absolute Gasteiger partial charge is 0.229 e. The lowest BCUT2D eigenvalue weighted by Gasteiger charge is -2.27. The predicted molar refractivity (Wildman–Crippen MR) is 78.5 cm³/mol. The number of nitrogens with two attached hydrogens (primary N) is 1. The van der Waals surface area contributed by atoms with Crippen molar-refractivity contribution in [3.05, 3.63) is 22.7 Å². The number of rotatable bonds is 2. The highest BCUT2D eigenvalue weighted by Gasteiger charge is 2.25. The molecule has 0 heterocycles. The fourth-order valence-corrected chi connectivity index (χ4v) is 2.95. The third-order valence-corrected chi connectivity index (χ3v) is 4.13. The van der Waals surface area contributed by atoms with E-state index in [1.54, 1.807) is 4.90 Å². The van der Waals surface area contributed by atoms with Gasteiger partial charge in [0.1, 0.15) is 0 Å². The second-order valence-electron chi connectivity index (χ2n) is 4.94. The molecule has 0 spiro atoms. The van der Waals surface area contributed by atoms with Gasteiger partial charge in [-0.1, -0.05) is 35.2 Å². The molecule has 2 rings (SSSR count). The minimum Gasteiger partial charge on any atom is -0.397 e. The number of anilines is 2. The van der Waals surface area contributed by atoms with Gasteiger partial charge in [-0.05, 0) is 31.0 Å². The molecule has 0 bridgehead atoms. The van der Waals surface area contributed by atoms with Gasteiger partial charge < -0.3 is 10.6 Å². The predicted octanol–water partition coefficient (Wildman–Crippen LogP) is 3.57. The van der Waals surface area contributed by atoms with Crippen molar-refractivity contribution < 1.29 is 4.79 Å². The van der Waals surface area contributed by atoms with Crippen LogP contribution in [0.15, 0.2) is 22.7 Å². The van der Waals surface area contributed by atoms with Crippen LogP contribution in [0.1, 0.15) is 32.1 Å². The highest BCUT2D eigenvalue weighted by atomic mass is 79.9. The highest BCUT2D eigenvalue weighted by molar-refractivity contribution is 9.10. The monoisotopic (exact) mass is 310 g/mol. The zero-order valence-electron chi connectivity index (χ0n) is 10.7. The molecule has 4 heteroatoms. The Morgan fingerprint density at radius 2 is 2.00 bits per heavy atom. The van der Waals surface area contributed by atoms with Crippen LogP contribution in [0.4, 0.5) is 11.4 Å². The topological polar surface area (TPSA) is 46.3 Å². The normalized spacial score (nSPS) is 16.6. The van der Waals surface area contributed by atoms with Gasteiger partial charge in [-0.2, -0.15) is 0 Å². The summed E-state index contributed by atoms with van der Waals surface area (Å²) in [6.45, 7) is 0. The molecule has 3 nitrogen and oxygen atoms in total. The Hall–Kier alpha value is -1.03. The number of carbonyl (C=O) groups excluding carboxylic acids is 1. The molecule has 18 heavy (non-hydrogen) atoms. The van der Waals surface area contributed by atoms with E-state index < -0.39 is 0 Å². The van der Waals surface area contributed by atoms with Crippen molar-refractivity contribution in [2.45, 2.75) is 32.1 Å². The third kappa shape index (κ3) is 2.86. The van der Waals surface area contributed by atoms with Gasteiger partial charge in [-0.15, -0.1) is 0 Å². The number of halogens is 1. The molecule has 2 N–H and O–H groups in total. The number of carbonyl (C=O) groups is 1. The summed E-state index contributed by atoms with van der Waals surface area (Å²) >= 11 is 3.38. The minimum atomic E-state index is 0.173. The second-order valence-corrected chi connectivity index (χ2v) is 5.85. The largest absolute Gasteiger partial charge is 0.397 e. The number of benzene rings is 1. The second kappa shape index (κ2) is 5.74. The molecular formula is C14H19BrN2O. The van der Waals surface area contributed by atoms with Crippen molar-refractivity contribution in [1.29, 1.82) is 0 Å². The van der Waals surface area contributed by atoms with E-state index in [0.29, 0.717) is 5.69 Å². The molecule has 0 saturated heterocycles. The van der Waals surface area contributed by atoms with Crippen molar-refractivity contribution in [1.82, 2.24) is 0 Å². The van der Waals surface area contributed by atoms with E-state index in [1.807, 2.05) is 25.2 Å². The van der Waals surface area contributed by atoms with Crippen molar-refractivity contribution in [3.8, 4) is 0 Å². The lowest BCUT2D eigenvalue weighted by atomic mass is 9.88. The number of nitrogens with zero attached hydrogens (tertiary/aromatic N) is 1. The standard InChI is InChI=1S/C14H19BrN2O/c1-17(13-8-7-11(15)9-12(13)16)14(18)10-5-3-2-4-6-10/h7-10H,2-6,16H2,1H3. The van der Waals surface area contributed by atoms with E-state index in [2.05, 4.69) is 15.9 Å². The lowest BCUT2D eigenvalue weighted by molar-refractivity contribution is -0.123. The van der Waals surface area contributed by atoms with Gasteiger partial charge in [0.05, 0.1) is 11.4 Å². The maximum Gasteiger partial charge on any atom is 0.229 e. The van der Waals surface area contributed by atoms with Crippen LogP contribution in [-0.4, -0.2) is 13.0 Å². The molecule has 1 saturated carbocycles. The quantitative estimate of drug-likeness (QED) is 0.849. The number of hydrogen-bond acceptors (Lipinski definition) is 2. The molecule has 1 aromatic carbocycles. The van der Waals surface area contributed by atoms with Crippen molar-refractivity contribution in [2.75, 3.05) is 17.7 Å². The zero-order valence-corrected chi connectivity index (χ0v) is 12.2. The van der Waals surface area contributed by atoms with Gasteiger partial charge in [-0.3, -0.25) is 4.79 Å². The molecule has 0 aliphatic heterocycles. The Balaban J connectivity index is 2.14. The van der Waals surface area contributed by atoms with Crippen LogP contribution in [0, 0.1) is 5.92 Å². The molecule has 0 unspecified atom stereocenters. The van der Waals surface area contributed by atoms with Gasteiger partial charge in [0.25, 0.3) is 0 Å². The van der Waals surface area contributed by atoms with Gasteiger partial charge >= 0.3 is 0 Å². The van der Waals surface area contributed by atoms with Crippen molar-refractivity contribution in [3.63, 3.8) is 0 Å². The zero-order chi connectivity index (χ0) is 13.1. The summed E-state index contributed by atoms with van der Waals surface area (Å²) in [5.41, 5.74) is 7.40. The van der Waals surface area contributed by atoms with E-state index in [9.17, 15) is 4.79 Å². The summed E-state index contributed by atoms with van der Waals surface area (Å²) in [6.07, 6.45) is 5.62. The van der Waals surface area contributed by atoms with Crippen LogP contribution in [0.5, 0.6) is 0 Å². The summed E-state index contributed by atoms with van der Waals surface area (Å²) in [5.74, 6) is 0.371. The van der Waals surface area contributed by atoms with Gasteiger partial charge in [0, 0.05) is 17.4 Å². The van der Waals surface area contributed by atoms with E-state index in [4.69, 9.17) is 5.73 Å². The maximum absolute atomic E-state index is 12.4. The number of amides is 1. The highest BCUT2D eigenvalue weighted by Crippen LogP contribution is 2.30. The molecule has 0 radical (unpaired) electrons. The summed E-state index contributed by atoms with van der Waals surface area (Å²) in [4.78, 5) is 14.1. The van der Waals surface area contributed by atoms with E-state index >= 15 is 0 Å². The molecule has 0 atom stereocenters. The van der Waals surface area contributed by atoms with Crippen LogP contribution >= 0.6 is 15.9 Å². The average molecular weight is 311 g/mol. The van der Waals surface area contributed by atoms with E-state index in [1.165, 1.54) is 19.3 Å². The summed E-state index contributed by atoms with van der Waals surface area (Å²) < 4.78 is 0.933. The minimum absolute atomic E-state index is 0.173. The fraction of sp³-hybridized carbons (Fsp3) is 0.500. The van der Waals surface area contributed by atoms with Crippen LogP contribution in [0.3, 0.4) is 0 Å². The average Bonchev–Trinajstić information content (AvgIpc) is 2.38. The van der Waals surface area contributed by atoms with Crippen molar-refractivity contribution >= 4 is 33.2 Å². The molecule has 0 aromatic heterocycles. The van der Waals surface area contributed by atoms with Gasteiger partial charge in [-0.25, -0.2) is 0 Å². The molecule has 1 fully saturated rings. The lowest BCUT2D eigenvalue weighted by Crippen LogP contribution is -2.34. The molecule has 1 aromatic rings. The Kier molecular flexibility index (Phi) is 4.27. The maximum atomic E-state index is 12.4. The summed E-state index contributed by atoms with van der Waals surface area (Å²) in [6, 6.07) is 5.64. The first-order valence-corrected chi connectivity index (χ1v) is 7.21. The first-order valence-electron chi connectivity index (χ1n) is 6.42. The Bertz CT molecular complexity index is 441. The molecule has 98 valence electrons. The number of nitrogen functional groups attached to an aromatic ring is 1. The summed E-state index contributed by atoms with van der Waals surface area (Å²) in [5, 5.41) is 0. The van der Waals surface area contributed by atoms with Crippen LogP contribution < -0.4 is 10.6 Å². The van der Waals surface area contributed by atoms with Gasteiger partial charge in [0.2, 0.25) is 5.91 Å². The van der Waals surface area contributed by atoms with Crippen LogP contribution in [-0.2, 0) is 4.79 Å². The van der Waals surface area contributed by atoms with Crippen molar-refractivity contribution in [2.24, 2.45) is 5.92 Å². The SMILES string of the molecule is CN(C(=O)C1CCCCC1)c1ccc(Br)cc1N. The molecular weight excluding hydrogens is 292 g/mol. The number of hydrogen-bond donors (Lipinski definition) is 1. The van der Waals surface area contributed by atoms with E-state index in [0.717, 1.165) is 23.0 Å². The van der Waals surface area contributed by atoms with Crippen LogP contribution in [0.25, 0.3) is 0 Å². The molecule has 1 amide bonds. The fourth-order valence-electron chi connectivity index (χ4n) is 2.57. The van der Waals surface area contributed by atoms with Gasteiger partial charge in [0.15, 0.2) is 0 Å². The third-order valence-electron chi connectivity index (χ3n) is 3.64. The first-order chi connectivity index (χ1) is 8.59. The summed E-state index contributed by atoms with van der Waals surface area (Å²) in [7, 11) is 1.82. The Morgan fingerprint density at radius 3 is 2.61 bits per heavy atom. The molecule has 1 aliphatic carbocycles.